The van der Waals surface area contributed by atoms with E-state index in [4.69, 9.17) is 4.11 Å². The van der Waals surface area contributed by atoms with E-state index in [0.29, 0.717) is 5.56 Å². The molecule has 1 rings (SSSR count). The number of rotatable bonds is 3. The molecule has 0 aliphatic carbocycles. The Labute approximate surface area is 77.5 Å². The first-order valence-electron chi connectivity index (χ1n) is 5.41. The summed E-state index contributed by atoms with van der Waals surface area (Å²) >= 11 is 0. The normalized spacial score (nSPS) is 20.3. The Hall–Kier alpha value is -0.860. The molecule has 0 radical (unpaired) electrons. The highest BCUT2D eigenvalue weighted by molar-refractivity contribution is 5.18. The zero-order chi connectivity index (χ0) is 11.5. The van der Waals surface area contributed by atoms with Crippen LogP contribution in [-0.2, 0) is 0 Å². The highest BCUT2D eigenvalue weighted by atomic mass is 16.3. The molecular weight excluding hydrogens is 150 g/mol. The fourth-order valence-electron chi connectivity index (χ4n) is 1.02. The third-order valence-electron chi connectivity index (χ3n) is 1.84. The Kier molecular flexibility index (Phi) is 2.02. The average Bonchev–Trinajstić information content (AvgIpc) is 2.15. The Bertz CT molecular complexity index is 299. The molecule has 1 aromatic carbocycles. The number of nitrogens with one attached hydrogen (secondary N) is 1. The predicted molar refractivity (Wildman–Crippen MR) is 49.9 cm³/mol. The second-order valence-electron chi connectivity index (χ2n) is 2.79. The van der Waals surface area contributed by atoms with E-state index in [1.165, 1.54) is 0 Å². The number of aliphatic hydroxyl groups is 1. The second kappa shape index (κ2) is 4.24. The van der Waals surface area contributed by atoms with Gasteiger partial charge in [0.25, 0.3) is 0 Å². The minimum atomic E-state index is -2.23. The van der Waals surface area contributed by atoms with E-state index in [0.717, 1.165) is 0 Å². The molecule has 0 unspecified atom stereocenters. The van der Waals surface area contributed by atoms with Gasteiger partial charge >= 0.3 is 0 Å². The molecule has 66 valence electrons. The van der Waals surface area contributed by atoms with Crippen molar-refractivity contribution in [2.24, 2.45) is 0 Å². The topological polar surface area (TPSA) is 32.3 Å². The van der Waals surface area contributed by atoms with Crippen molar-refractivity contribution >= 4 is 0 Å². The van der Waals surface area contributed by atoms with Crippen LogP contribution in [0.5, 0.6) is 0 Å². The lowest BCUT2D eigenvalue weighted by Gasteiger charge is -2.17. The summed E-state index contributed by atoms with van der Waals surface area (Å²) in [5.74, 6) is 0. The Morgan fingerprint density at radius 2 is 2.08 bits per heavy atom. The summed E-state index contributed by atoms with van der Waals surface area (Å²) in [6.45, 7) is -0.584. The van der Waals surface area contributed by atoms with Crippen molar-refractivity contribution in [2.75, 3.05) is 6.98 Å². The fourth-order valence-corrected chi connectivity index (χ4v) is 1.02. The maximum atomic E-state index is 9.84. The first kappa shape index (κ1) is 5.73. The molecule has 2 nitrogen and oxygen atoms in total. The summed E-state index contributed by atoms with van der Waals surface area (Å²) in [6, 6.07) is 8.48. The maximum Gasteiger partial charge on any atom is 0.0940 e. The molecule has 0 fully saturated rings. The number of benzene rings is 1. The van der Waals surface area contributed by atoms with Gasteiger partial charge in [0.2, 0.25) is 0 Å². The fraction of sp³-hybridized carbons (Fsp3) is 0.400. The van der Waals surface area contributed by atoms with Crippen LogP contribution >= 0.6 is 0 Å². The molecule has 0 spiro atoms. The largest absolute Gasteiger partial charge is 0.387 e. The van der Waals surface area contributed by atoms with Gasteiger partial charge in [-0.2, -0.15) is 0 Å². The summed E-state index contributed by atoms with van der Waals surface area (Å²) in [5, 5.41) is 12.2. The third-order valence-corrected chi connectivity index (χ3v) is 1.84. The lowest BCUT2D eigenvalue weighted by molar-refractivity contribution is 0.140. The molecule has 2 atom stereocenters. The zero-order valence-electron chi connectivity index (χ0n) is 9.99. The number of hydrogen-bond acceptors (Lipinski definition) is 2. The summed E-state index contributed by atoms with van der Waals surface area (Å²) in [5.41, 5.74) is 0.710. The number of hydrogen-bond donors (Lipinski definition) is 2. The van der Waals surface area contributed by atoms with Gasteiger partial charge in [0.1, 0.15) is 0 Å². The molecule has 0 bridgehead atoms. The van der Waals surface area contributed by atoms with Gasteiger partial charge in [-0.05, 0) is 19.5 Å². The van der Waals surface area contributed by atoms with Crippen LogP contribution in [0.25, 0.3) is 0 Å². The SMILES string of the molecule is [2H]C([2H])([2H])N[C@H](C)[C@@H](O)c1ccccc1. The van der Waals surface area contributed by atoms with Gasteiger partial charge in [-0.25, -0.2) is 0 Å². The number of aliphatic hydroxyl groups excluding tert-OH is 1. The summed E-state index contributed by atoms with van der Waals surface area (Å²) < 4.78 is 21.1. The molecule has 0 heterocycles. The van der Waals surface area contributed by atoms with Gasteiger partial charge in [0.15, 0.2) is 0 Å². The molecule has 2 heteroatoms. The third kappa shape index (κ3) is 2.06. The highest BCUT2D eigenvalue weighted by Gasteiger charge is 2.12. The minimum absolute atomic E-state index is 0.514. The van der Waals surface area contributed by atoms with Crippen molar-refractivity contribution in [2.45, 2.75) is 19.1 Å². The molecule has 0 amide bonds. The van der Waals surface area contributed by atoms with E-state index in [1.807, 2.05) is 6.07 Å². The van der Waals surface area contributed by atoms with Crippen LogP contribution in [0.3, 0.4) is 0 Å². The Balaban J connectivity index is 2.65. The first-order valence-corrected chi connectivity index (χ1v) is 3.91. The summed E-state index contributed by atoms with van der Waals surface area (Å²) in [7, 11) is 0. The van der Waals surface area contributed by atoms with Crippen LogP contribution in [-0.4, -0.2) is 18.1 Å². The lowest BCUT2D eigenvalue weighted by Crippen LogP contribution is -2.28. The lowest BCUT2D eigenvalue weighted by atomic mass is 10.0. The van der Waals surface area contributed by atoms with E-state index in [2.05, 4.69) is 5.32 Å². The van der Waals surface area contributed by atoms with Crippen LogP contribution in [0.2, 0.25) is 0 Å². The van der Waals surface area contributed by atoms with Crippen molar-refractivity contribution in [3.8, 4) is 0 Å². The van der Waals surface area contributed by atoms with E-state index in [-0.39, 0.29) is 0 Å². The number of likely N-dealkylation sites (N-methyl/N-ethyl adjacent to an activating group) is 1. The first-order chi connectivity index (χ1) is 6.90. The van der Waals surface area contributed by atoms with Crippen LogP contribution in [0, 0.1) is 0 Å². The van der Waals surface area contributed by atoms with Crippen LogP contribution in [0.1, 0.15) is 22.7 Å². The van der Waals surface area contributed by atoms with Gasteiger partial charge in [0, 0.05) is 10.2 Å². The van der Waals surface area contributed by atoms with E-state index in [1.54, 1.807) is 31.2 Å². The Morgan fingerprint density at radius 1 is 1.42 bits per heavy atom. The van der Waals surface area contributed by atoms with Crippen molar-refractivity contribution in [3.05, 3.63) is 35.9 Å². The Morgan fingerprint density at radius 3 is 2.67 bits per heavy atom. The van der Waals surface area contributed by atoms with Crippen LogP contribution in [0.4, 0.5) is 0 Å². The van der Waals surface area contributed by atoms with Crippen LogP contribution in [0.15, 0.2) is 30.3 Å². The molecule has 1 aromatic rings. The average molecular weight is 168 g/mol. The molecule has 12 heavy (non-hydrogen) atoms. The summed E-state index contributed by atoms with van der Waals surface area (Å²) in [4.78, 5) is 0. The van der Waals surface area contributed by atoms with E-state index >= 15 is 0 Å². The molecule has 0 aliphatic heterocycles. The molecule has 0 aliphatic rings. The van der Waals surface area contributed by atoms with Gasteiger partial charge < -0.3 is 10.4 Å². The second-order valence-corrected chi connectivity index (χ2v) is 2.79. The molecule has 2 N–H and O–H groups in total. The summed E-state index contributed by atoms with van der Waals surface area (Å²) in [6.07, 6.45) is -0.813. The van der Waals surface area contributed by atoms with Crippen molar-refractivity contribution < 1.29 is 9.22 Å². The maximum absolute atomic E-state index is 9.84. The van der Waals surface area contributed by atoms with Crippen molar-refractivity contribution in [3.63, 3.8) is 0 Å². The molecule has 0 saturated carbocycles. The van der Waals surface area contributed by atoms with Gasteiger partial charge in [-0.3, -0.25) is 0 Å². The monoisotopic (exact) mass is 168 g/mol. The van der Waals surface area contributed by atoms with E-state index < -0.39 is 19.1 Å². The molecule has 0 saturated heterocycles. The zero-order valence-corrected chi connectivity index (χ0v) is 6.99. The van der Waals surface area contributed by atoms with E-state index in [9.17, 15) is 5.11 Å². The van der Waals surface area contributed by atoms with Crippen molar-refractivity contribution in [1.82, 2.24) is 5.32 Å². The van der Waals surface area contributed by atoms with Crippen LogP contribution < -0.4 is 5.32 Å². The highest BCUT2D eigenvalue weighted by Crippen LogP contribution is 2.15. The standard InChI is InChI=1S/C10H15NO/c1-8(11-2)10(12)9-6-4-3-5-7-9/h3-8,10-12H,1-2H3/t8-,10-/m1/s1/i2D3. The van der Waals surface area contributed by atoms with Gasteiger partial charge in [-0.1, -0.05) is 30.3 Å². The van der Waals surface area contributed by atoms with Crippen molar-refractivity contribution in [1.29, 1.82) is 0 Å². The predicted octanol–water partition coefficient (Wildman–Crippen LogP) is 1.33. The smallest absolute Gasteiger partial charge is 0.0940 e. The molecule has 0 aromatic heterocycles. The minimum Gasteiger partial charge on any atom is -0.387 e. The molecular formula is C10H15NO. The quantitative estimate of drug-likeness (QED) is 0.713. The van der Waals surface area contributed by atoms with Gasteiger partial charge in [-0.15, -0.1) is 0 Å². The van der Waals surface area contributed by atoms with Gasteiger partial charge in [0.05, 0.1) is 6.10 Å².